The second-order valence-corrected chi connectivity index (χ2v) is 7.06. The molecular formula is C27H24N2. The van der Waals surface area contributed by atoms with Crippen LogP contribution in [-0.2, 0) is 0 Å². The lowest BCUT2D eigenvalue weighted by Gasteiger charge is -2.27. The van der Waals surface area contributed by atoms with Crippen LogP contribution in [0, 0.1) is 0 Å². The molecule has 2 nitrogen and oxygen atoms in total. The van der Waals surface area contributed by atoms with E-state index >= 15 is 0 Å². The zero-order chi connectivity index (χ0) is 19.9. The first-order chi connectivity index (χ1) is 14.4. The van der Waals surface area contributed by atoms with Crippen molar-refractivity contribution in [1.82, 2.24) is 0 Å². The summed E-state index contributed by atoms with van der Waals surface area (Å²) >= 11 is 0. The molecule has 0 saturated carbocycles. The van der Waals surface area contributed by atoms with E-state index in [1.54, 1.807) is 0 Å². The van der Waals surface area contributed by atoms with Gasteiger partial charge in [-0.3, -0.25) is 0 Å². The van der Waals surface area contributed by atoms with Gasteiger partial charge in [-0.25, -0.2) is 0 Å². The van der Waals surface area contributed by atoms with Crippen LogP contribution in [0.15, 0.2) is 126 Å². The van der Waals surface area contributed by atoms with E-state index in [1.165, 1.54) is 22.3 Å². The molecule has 142 valence electrons. The fraction of sp³-hybridized carbons (Fsp3) is 0.0741. The largest absolute Gasteiger partial charge is 0.323 e. The highest BCUT2D eigenvalue weighted by Crippen LogP contribution is 2.36. The standard InChI is InChI=1S/C27H24N2/c28-29-27(25(21-13-5-1-6-14-21)22-15-7-2-8-16-22)26(23-17-9-3-10-18-23)24-19-11-4-12-20-24/h1-20,25-26H,28H2. The number of nitrogens with zero attached hydrogens (tertiary/aromatic N) is 1. The van der Waals surface area contributed by atoms with Crippen LogP contribution in [0.5, 0.6) is 0 Å². The number of rotatable bonds is 6. The van der Waals surface area contributed by atoms with Crippen LogP contribution in [0.25, 0.3) is 0 Å². The molecule has 2 N–H and O–H groups in total. The summed E-state index contributed by atoms with van der Waals surface area (Å²) in [5.74, 6) is 6.04. The Morgan fingerprint density at radius 2 is 0.690 bits per heavy atom. The second-order valence-electron chi connectivity index (χ2n) is 7.06. The molecule has 0 aliphatic rings. The van der Waals surface area contributed by atoms with E-state index in [0.717, 1.165) is 5.71 Å². The fourth-order valence-electron chi connectivity index (χ4n) is 3.97. The lowest BCUT2D eigenvalue weighted by molar-refractivity contribution is 0.945. The fourth-order valence-corrected chi connectivity index (χ4v) is 3.97. The van der Waals surface area contributed by atoms with Crippen LogP contribution in [-0.4, -0.2) is 5.71 Å². The third kappa shape index (κ3) is 4.12. The monoisotopic (exact) mass is 376 g/mol. The van der Waals surface area contributed by atoms with Crippen molar-refractivity contribution in [2.45, 2.75) is 11.8 Å². The van der Waals surface area contributed by atoms with Crippen molar-refractivity contribution in [2.24, 2.45) is 10.9 Å². The Hall–Kier alpha value is -3.65. The molecule has 2 heteroatoms. The minimum Gasteiger partial charge on any atom is -0.323 e. The molecule has 0 aromatic heterocycles. The summed E-state index contributed by atoms with van der Waals surface area (Å²) in [6.45, 7) is 0. The van der Waals surface area contributed by atoms with Crippen molar-refractivity contribution in [3.05, 3.63) is 144 Å². The maximum Gasteiger partial charge on any atom is 0.0613 e. The lowest BCUT2D eigenvalue weighted by atomic mass is 9.76. The number of hydrazone groups is 1. The average molecular weight is 377 g/mol. The predicted octanol–water partition coefficient (Wildman–Crippen LogP) is 5.97. The van der Waals surface area contributed by atoms with Gasteiger partial charge in [0, 0.05) is 0 Å². The van der Waals surface area contributed by atoms with E-state index < -0.39 is 0 Å². The Morgan fingerprint density at radius 1 is 0.448 bits per heavy atom. The molecule has 0 spiro atoms. The molecule has 0 aliphatic heterocycles. The summed E-state index contributed by atoms with van der Waals surface area (Å²) in [6.07, 6.45) is 0. The minimum absolute atomic E-state index is 0.0344. The van der Waals surface area contributed by atoms with Crippen molar-refractivity contribution in [2.75, 3.05) is 0 Å². The van der Waals surface area contributed by atoms with Gasteiger partial charge < -0.3 is 5.84 Å². The van der Waals surface area contributed by atoms with Gasteiger partial charge in [-0.1, -0.05) is 121 Å². The number of nitrogens with two attached hydrogens (primary N) is 1. The summed E-state index contributed by atoms with van der Waals surface area (Å²) in [5, 5.41) is 4.41. The molecule has 0 bridgehead atoms. The first-order valence-corrected chi connectivity index (χ1v) is 9.86. The maximum absolute atomic E-state index is 6.11. The lowest BCUT2D eigenvalue weighted by Crippen LogP contribution is -2.24. The molecule has 0 atom stereocenters. The molecule has 0 aliphatic carbocycles. The van der Waals surface area contributed by atoms with Crippen molar-refractivity contribution in [3.8, 4) is 0 Å². The summed E-state index contributed by atoms with van der Waals surface area (Å²) in [7, 11) is 0. The van der Waals surface area contributed by atoms with Crippen molar-refractivity contribution >= 4 is 5.71 Å². The number of benzene rings is 4. The third-order valence-corrected chi connectivity index (χ3v) is 5.27. The maximum atomic E-state index is 6.11. The van der Waals surface area contributed by atoms with Gasteiger partial charge in [-0.2, -0.15) is 5.10 Å². The molecular weight excluding hydrogens is 352 g/mol. The Morgan fingerprint density at radius 3 is 0.897 bits per heavy atom. The Bertz CT molecular complexity index is 879. The van der Waals surface area contributed by atoms with Crippen molar-refractivity contribution < 1.29 is 0 Å². The molecule has 0 radical (unpaired) electrons. The second kappa shape index (κ2) is 9.03. The quantitative estimate of drug-likeness (QED) is 0.251. The molecule has 0 unspecified atom stereocenters. The van der Waals surface area contributed by atoms with Gasteiger partial charge in [0.15, 0.2) is 0 Å². The predicted molar refractivity (Wildman–Crippen MR) is 121 cm³/mol. The van der Waals surface area contributed by atoms with E-state index in [0.29, 0.717) is 0 Å². The zero-order valence-corrected chi connectivity index (χ0v) is 16.2. The van der Waals surface area contributed by atoms with Gasteiger partial charge >= 0.3 is 0 Å². The Labute approximate surface area is 172 Å². The van der Waals surface area contributed by atoms with E-state index in [-0.39, 0.29) is 11.8 Å². The van der Waals surface area contributed by atoms with Gasteiger partial charge in [0.05, 0.1) is 17.5 Å². The number of hydrogen-bond donors (Lipinski definition) is 1. The Balaban J connectivity index is 1.91. The zero-order valence-electron chi connectivity index (χ0n) is 16.2. The third-order valence-electron chi connectivity index (χ3n) is 5.27. The highest BCUT2D eigenvalue weighted by atomic mass is 15.1. The molecule has 0 amide bonds. The van der Waals surface area contributed by atoms with Gasteiger partial charge in [0.2, 0.25) is 0 Å². The van der Waals surface area contributed by atoms with E-state index in [4.69, 9.17) is 5.84 Å². The molecule has 0 saturated heterocycles. The van der Waals surface area contributed by atoms with Crippen LogP contribution in [0.3, 0.4) is 0 Å². The Kier molecular flexibility index (Phi) is 5.82. The minimum atomic E-state index is -0.0344. The molecule has 4 aromatic rings. The van der Waals surface area contributed by atoms with Gasteiger partial charge in [0.25, 0.3) is 0 Å². The van der Waals surface area contributed by atoms with Crippen LogP contribution >= 0.6 is 0 Å². The summed E-state index contributed by atoms with van der Waals surface area (Å²) < 4.78 is 0. The molecule has 0 heterocycles. The van der Waals surface area contributed by atoms with Crippen LogP contribution < -0.4 is 5.84 Å². The highest BCUT2D eigenvalue weighted by Gasteiger charge is 2.29. The normalized spacial score (nSPS) is 10.8. The average Bonchev–Trinajstić information content (AvgIpc) is 2.81. The van der Waals surface area contributed by atoms with Gasteiger partial charge in [0.1, 0.15) is 0 Å². The molecule has 4 aromatic carbocycles. The highest BCUT2D eigenvalue weighted by molar-refractivity contribution is 6.01. The topological polar surface area (TPSA) is 38.4 Å². The SMILES string of the molecule is NN=C(C(c1ccccc1)c1ccccc1)C(c1ccccc1)c1ccccc1. The first kappa shape index (κ1) is 18.7. The van der Waals surface area contributed by atoms with Crippen LogP contribution in [0.1, 0.15) is 34.1 Å². The first-order valence-electron chi connectivity index (χ1n) is 9.86. The molecule has 29 heavy (non-hydrogen) atoms. The summed E-state index contributed by atoms with van der Waals surface area (Å²) in [4.78, 5) is 0. The smallest absolute Gasteiger partial charge is 0.0613 e. The van der Waals surface area contributed by atoms with Crippen LogP contribution in [0.2, 0.25) is 0 Å². The van der Waals surface area contributed by atoms with Crippen LogP contribution in [0.4, 0.5) is 0 Å². The van der Waals surface area contributed by atoms with E-state index in [1.807, 2.05) is 24.3 Å². The molecule has 0 fully saturated rings. The summed E-state index contributed by atoms with van der Waals surface area (Å²) in [6, 6.07) is 41.9. The van der Waals surface area contributed by atoms with Gasteiger partial charge in [-0.05, 0) is 22.3 Å². The van der Waals surface area contributed by atoms with Crippen molar-refractivity contribution in [1.29, 1.82) is 0 Å². The van der Waals surface area contributed by atoms with Gasteiger partial charge in [-0.15, -0.1) is 0 Å². The number of hydrogen-bond acceptors (Lipinski definition) is 2. The summed E-state index contributed by atoms with van der Waals surface area (Å²) in [5.41, 5.74) is 5.65. The molecule has 4 rings (SSSR count). The van der Waals surface area contributed by atoms with E-state index in [9.17, 15) is 0 Å². The van der Waals surface area contributed by atoms with E-state index in [2.05, 4.69) is 102 Å². The van der Waals surface area contributed by atoms with Crippen molar-refractivity contribution in [3.63, 3.8) is 0 Å².